The SMILES string of the molecule is CN(C(=O)c1cccc(Cl)c1)C1CCCCCC1. The van der Waals surface area contributed by atoms with E-state index in [0.29, 0.717) is 16.6 Å². The van der Waals surface area contributed by atoms with Gasteiger partial charge in [0.2, 0.25) is 0 Å². The molecule has 1 aliphatic rings. The van der Waals surface area contributed by atoms with E-state index in [-0.39, 0.29) is 5.91 Å². The van der Waals surface area contributed by atoms with Gasteiger partial charge in [-0.05, 0) is 31.0 Å². The smallest absolute Gasteiger partial charge is 0.253 e. The molecule has 0 N–H and O–H groups in total. The normalized spacial score (nSPS) is 17.2. The van der Waals surface area contributed by atoms with E-state index in [1.807, 2.05) is 24.1 Å². The molecule has 0 radical (unpaired) electrons. The van der Waals surface area contributed by atoms with Crippen LogP contribution in [0.15, 0.2) is 24.3 Å². The van der Waals surface area contributed by atoms with Gasteiger partial charge in [-0.3, -0.25) is 4.79 Å². The van der Waals surface area contributed by atoms with Crippen LogP contribution in [0.3, 0.4) is 0 Å². The van der Waals surface area contributed by atoms with Crippen LogP contribution in [0.2, 0.25) is 5.02 Å². The second-order valence-corrected chi connectivity index (χ2v) is 5.51. The second-order valence-electron chi connectivity index (χ2n) is 5.07. The van der Waals surface area contributed by atoms with Gasteiger partial charge < -0.3 is 4.90 Å². The number of carbonyl (C=O) groups excluding carboxylic acids is 1. The van der Waals surface area contributed by atoms with Crippen molar-refractivity contribution in [3.8, 4) is 0 Å². The summed E-state index contributed by atoms with van der Waals surface area (Å²) in [7, 11) is 1.92. The summed E-state index contributed by atoms with van der Waals surface area (Å²) in [4.78, 5) is 14.3. The van der Waals surface area contributed by atoms with E-state index in [4.69, 9.17) is 11.6 Å². The van der Waals surface area contributed by atoms with Crippen molar-refractivity contribution in [3.05, 3.63) is 34.9 Å². The fraction of sp³-hybridized carbons (Fsp3) is 0.533. The average Bonchev–Trinajstić information content (AvgIpc) is 2.66. The number of halogens is 1. The van der Waals surface area contributed by atoms with Gasteiger partial charge in [-0.1, -0.05) is 43.4 Å². The first kappa shape index (κ1) is 13.4. The average molecular weight is 266 g/mol. The standard InChI is InChI=1S/C15H20ClNO/c1-17(14-9-4-2-3-5-10-14)15(18)12-7-6-8-13(16)11-12/h6-8,11,14H,2-5,9-10H2,1H3. The summed E-state index contributed by atoms with van der Waals surface area (Å²) in [5.41, 5.74) is 0.689. The van der Waals surface area contributed by atoms with Gasteiger partial charge in [0.05, 0.1) is 0 Å². The number of benzene rings is 1. The quantitative estimate of drug-likeness (QED) is 0.736. The molecule has 98 valence electrons. The Morgan fingerprint density at radius 3 is 2.50 bits per heavy atom. The lowest BCUT2D eigenvalue weighted by Crippen LogP contribution is -2.36. The molecule has 0 heterocycles. The van der Waals surface area contributed by atoms with E-state index in [1.165, 1.54) is 25.7 Å². The molecule has 0 aromatic heterocycles. The van der Waals surface area contributed by atoms with Gasteiger partial charge in [-0.25, -0.2) is 0 Å². The van der Waals surface area contributed by atoms with E-state index < -0.39 is 0 Å². The molecular formula is C15H20ClNO. The maximum Gasteiger partial charge on any atom is 0.253 e. The van der Waals surface area contributed by atoms with Crippen LogP contribution in [0.4, 0.5) is 0 Å². The number of hydrogen-bond acceptors (Lipinski definition) is 1. The van der Waals surface area contributed by atoms with E-state index in [9.17, 15) is 4.79 Å². The highest BCUT2D eigenvalue weighted by molar-refractivity contribution is 6.30. The van der Waals surface area contributed by atoms with E-state index in [1.54, 1.807) is 12.1 Å². The Morgan fingerprint density at radius 2 is 1.89 bits per heavy atom. The molecule has 1 saturated carbocycles. The Kier molecular flexibility index (Phi) is 4.65. The van der Waals surface area contributed by atoms with Crippen LogP contribution in [0.1, 0.15) is 48.9 Å². The minimum atomic E-state index is 0.0874. The number of amides is 1. The zero-order valence-corrected chi connectivity index (χ0v) is 11.6. The summed E-state index contributed by atoms with van der Waals surface area (Å²) in [5.74, 6) is 0.0874. The fourth-order valence-electron chi connectivity index (χ4n) is 2.64. The van der Waals surface area contributed by atoms with Crippen LogP contribution in [0, 0.1) is 0 Å². The van der Waals surface area contributed by atoms with Crippen LogP contribution >= 0.6 is 11.6 Å². The van der Waals surface area contributed by atoms with Gasteiger partial charge in [0.1, 0.15) is 0 Å². The van der Waals surface area contributed by atoms with Gasteiger partial charge in [0.25, 0.3) is 5.91 Å². The van der Waals surface area contributed by atoms with Gasteiger partial charge in [0, 0.05) is 23.7 Å². The molecule has 2 rings (SSSR count). The monoisotopic (exact) mass is 265 g/mol. The summed E-state index contributed by atoms with van der Waals surface area (Å²) < 4.78 is 0. The minimum absolute atomic E-state index is 0.0874. The zero-order chi connectivity index (χ0) is 13.0. The van der Waals surface area contributed by atoms with E-state index in [2.05, 4.69) is 0 Å². The third-order valence-corrected chi connectivity index (χ3v) is 4.00. The topological polar surface area (TPSA) is 20.3 Å². The Morgan fingerprint density at radius 1 is 1.22 bits per heavy atom. The van der Waals surface area contributed by atoms with Crippen molar-refractivity contribution in [1.82, 2.24) is 4.90 Å². The third kappa shape index (κ3) is 3.26. The molecule has 1 amide bonds. The van der Waals surface area contributed by atoms with Crippen molar-refractivity contribution in [1.29, 1.82) is 0 Å². The van der Waals surface area contributed by atoms with Crippen LogP contribution in [0.25, 0.3) is 0 Å². The Balaban J connectivity index is 2.07. The highest BCUT2D eigenvalue weighted by Gasteiger charge is 2.22. The van der Waals surface area contributed by atoms with Crippen molar-refractivity contribution in [3.63, 3.8) is 0 Å². The van der Waals surface area contributed by atoms with E-state index >= 15 is 0 Å². The molecule has 0 atom stereocenters. The number of carbonyl (C=O) groups is 1. The molecule has 3 heteroatoms. The molecule has 0 saturated heterocycles. The van der Waals surface area contributed by atoms with Crippen molar-refractivity contribution in [2.24, 2.45) is 0 Å². The van der Waals surface area contributed by atoms with Gasteiger partial charge in [-0.15, -0.1) is 0 Å². The molecule has 0 aliphatic heterocycles. The van der Waals surface area contributed by atoms with Crippen molar-refractivity contribution < 1.29 is 4.79 Å². The van der Waals surface area contributed by atoms with Gasteiger partial charge in [0.15, 0.2) is 0 Å². The predicted octanol–water partition coefficient (Wildman–Crippen LogP) is 4.13. The van der Waals surface area contributed by atoms with Crippen LogP contribution in [-0.4, -0.2) is 23.9 Å². The molecule has 0 unspecified atom stereocenters. The maximum absolute atomic E-state index is 12.4. The Hall–Kier alpha value is -1.02. The number of nitrogens with zero attached hydrogens (tertiary/aromatic N) is 1. The fourth-order valence-corrected chi connectivity index (χ4v) is 2.83. The minimum Gasteiger partial charge on any atom is -0.339 e. The molecule has 1 aromatic rings. The first-order chi connectivity index (χ1) is 8.68. The Bertz CT molecular complexity index is 411. The van der Waals surface area contributed by atoms with Crippen molar-refractivity contribution in [2.75, 3.05) is 7.05 Å². The van der Waals surface area contributed by atoms with Crippen LogP contribution in [-0.2, 0) is 0 Å². The van der Waals surface area contributed by atoms with Crippen molar-refractivity contribution in [2.45, 2.75) is 44.6 Å². The number of hydrogen-bond donors (Lipinski definition) is 0. The van der Waals surface area contributed by atoms with Crippen molar-refractivity contribution >= 4 is 17.5 Å². The maximum atomic E-state index is 12.4. The molecule has 1 fully saturated rings. The summed E-state index contributed by atoms with van der Waals surface area (Å²) in [6, 6.07) is 7.60. The molecule has 1 aliphatic carbocycles. The molecule has 18 heavy (non-hydrogen) atoms. The molecule has 0 bridgehead atoms. The van der Waals surface area contributed by atoms with Crippen LogP contribution in [0.5, 0.6) is 0 Å². The summed E-state index contributed by atoms with van der Waals surface area (Å²) in [6.07, 6.45) is 7.33. The lowest BCUT2D eigenvalue weighted by Gasteiger charge is -2.27. The summed E-state index contributed by atoms with van der Waals surface area (Å²) >= 11 is 5.93. The third-order valence-electron chi connectivity index (χ3n) is 3.76. The van der Waals surface area contributed by atoms with Gasteiger partial charge in [-0.2, -0.15) is 0 Å². The largest absolute Gasteiger partial charge is 0.339 e. The lowest BCUT2D eigenvalue weighted by molar-refractivity contribution is 0.0717. The Labute approximate surface area is 114 Å². The molecule has 0 spiro atoms. The highest BCUT2D eigenvalue weighted by Crippen LogP contribution is 2.22. The van der Waals surface area contributed by atoms with E-state index in [0.717, 1.165) is 12.8 Å². The first-order valence-corrected chi connectivity index (χ1v) is 7.09. The lowest BCUT2D eigenvalue weighted by atomic mass is 10.1. The first-order valence-electron chi connectivity index (χ1n) is 6.71. The zero-order valence-electron chi connectivity index (χ0n) is 10.9. The second kappa shape index (κ2) is 6.24. The van der Waals surface area contributed by atoms with Gasteiger partial charge >= 0.3 is 0 Å². The summed E-state index contributed by atoms with van der Waals surface area (Å²) in [6.45, 7) is 0. The molecule has 2 nitrogen and oxygen atoms in total. The molecule has 1 aromatic carbocycles. The number of rotatable bonds is 2. The van der Waals surface area contributed by atoms with Crippen LogP contribution < -0.4 is 0 Å². The predicted molar refractivity (Wildman–Crippen MR) is 75.0 cm³/mol. The molecular weight excluding hydrogens is 246 g/mol. The highest BCUT2D eigenvalue weighted by atomic mass is 35.5. The summed E-state index contributed by atoms with van der Waals surface area (Å²) in [5, 5.41) is 0.620.